The van der Waals surface area contributed by atoms with E-state index >= 15 is 0 Å². The van der Waals surface area contributed by atoms with Gasteiger partial charge in [-0.05, 0) is 31.5 Å². The highest BCUT2D eigenvalue weighted by molar-refractivity contribution is 5.21. The van der Waals surface area contributed by atoms with Crippen molar-refractivity contribution < 1.29 is 4.39 Å². The maximum atomic E-state index is 13.2. The molecule has 0 spiro atoms. The molecule has 1 heterocycles. The molecule has 88 valence electrons. The topological polar surface area (TPSA) is 15.3 Å². The first-order chi connectivity index (χ1) is 7.68. The van der Waals surface area contributed by atoms with Crippen molar-refractivity contribution in [1.29, 1.82) is 0 Å². The highest BCUT2D eigenvalue weighted by Gasteiger charge is 2.25. The highest BCUT2D eigenvalue weighted by Crippen LogP contribution is 2.24. The molecule has 1 aliphatic heterocycles. The minimum atomic E-state index is -0.147. The van der Waals surface area contributed by atoms with Crippen LogP contribution in [0.4, 0.5) is 4.39 Å². The van der Waals surface area contributed by atoms with Crippen molar-refractivity contribution in [3.8, 4) is 0 Å². The van der Waals surface area contributed by atoms with Gasteiger partial charge in [0.2, 0.25) is 0 Å². The lowest BCUT2D eigenvalue weighted by Gasteiger charge is -2.39. The fraction of sp³-hybridized carbons (Fsp3) is 0.538. The second-order valence-corrected chi connectivity index (χ2v) is 4.61. The summed E-state index contributed by atoms with van der Waals surface area (Å²) in [4.78, 5) is 2.42. The van der Waals surface area contributed by atoms with Crippen LogP contribution in [0, 0.1) is 5.82 Å². The van der Waals surface area contributed by atoms with Gasteiger partial charge in [-0.15, -0.1) is 0 Å². The van der Waals surface area contributed by atoms with Crippen molar-refractivity contribution in [1.82, 2.24) is 10.2 Å². The number of nitrogens with zero attached hydrogens (tertiary/aromatic N) is 1. The Kier molecular flexibility index (Phi) is 3.56. The molecule has 0 bridgehead atoms. The molecule has 1 aromatic rings. The summed E-state index contributed by atoms with van der Waals surface area (Å²) in [6.45, 7) is 7.33. The summed E-state index contributed by atoms with van der Waals surface area (Å²) < 4.78 is 13.2. The summed E-state index contributed by atoms with van der Waals surface area (Å²) in [5.41, 5.74) is 1.07. The van der Waals surface area contributed by atoms with Crippen molar-refractivity contribution >= 4 is 0 Å². The van der Waals surface area contributed by atoms with Gasteiger partial charge < -0.3 is 5.32 Å². The fourth-order valence-corrected chi connectivity index (χ4v) is 2.36. The highest BCUT2D eigenvalue weighted by atomic mass is 19.1. The molecule has 0 aliphatic carbocycles. The van der Waals surface area contributed by atoms with Crippen LogP contribution in [0.1, 0.15) is 25.5 Å². The SMILES string of the molecule is CC(C)N1CCNCC1c1cccc(F)c1. The number of rotatable bonds is 2. The molecule has 1 aromatic carbocycles. The molecule has 1 saturated heterocycles. The Morgan fingerprint density at radius 3 is 2.94 bits per heavy atom. The van der Waals surface area contributed by atoms with Gasteiger partial charge in [0.15, 0.2) is 0 Å². The average molecular weight is 222 g/mol. The molecule has 3 heteroatoms. The Bertz CT molecular complexity index is 352. The molecular weight excluding hydrogens is 203 g/mol. The lowest BCUT2D eigenvalue weighted by atomic mass is 10.0. The number of piperazine rings is 1. The Labute approximate surface area is 96.5 Å². The van der Waals surface area contributed by atoms with Gasteiger partial charge in [-0.1, -0.05) is 12.1 Å². The molecule has 0 radical (unpaired) electrons. The standard InChI is InChI=1S/C13H19FN2/c1-10(2)16-7-6-15-9-13(16)11-4-3-5-12(14)8-11/h3-5,8,10,13,15H,6-7,9H2,1-2H3. The van der Waals surface area contributed by atoms with Gasteiger partial charge in [-0.3, -0.25) is 4.90 Å². The molecule has 2 rings (SSSR count). The van der Waals surface area contributed by atoms with E-state index in [0.29, 0.717) is 12.1 Å². The molecule has 0 aromatic heterocycles. The maximum Gasteiger partial charge on any atom is 0.123 e. The predicted molar refractivity (Wildman–Crippen MR) is 63.9 cm³/mol. The summed E-state index contributed by atoms with van der Waals surface area (Å²) in [5, 5.41) is 3.37. The van der Waals surface area contributed by atoms with Crippen LogP contribution >= 0.6 is 0 Å². The van der Waals surface area contributed by atoms with Crippen molar-refractivity contribution in [2.24, 2.45) is 0 Å². The van der Waals surface area contributed by atoms with Crippen LogP contribution < -0.4 is 5.32 Å². The number of halogens is 1. The van der Waals surface area contributed by atoms with Crippen LogP contribution in [0.5, 0.6) is 0 Å². The van der Waals surface area contributed by atoms with E-state index in [4.69, 9.17) is 0 Å². The van der Waals surface area contributed by atoms with Crippen LogP contribution in [-0.2, 0) is 0 Å². The Morgan fingerprint density at radius 2 is 2.25 bits per heavy atom. The first-order valence-corrected chi connectivity index (χ1v) is 5.90. The second kappa shape index (κ2) is 4.93. The second-order valence-electron chi connectivity index (χ2n) is 4.61. The Morgan fingerprint density at radius 1 is 1.44 bits per heavy atom. The van der Waals surface area contributed by atoms with Crippen molar-refractivity contribution in [3.05, 3.63) is 35.6 Å². The monoisotopic (exact) mass is 222 g/mol. The van der Waals surface area contributed by atoms with E-state index in [1.54, 1.807) is 12.1 Å². The van der Waals surface area contributed by atoms with Crippen molar-refractivity contribution in [2.75, 3.05) is 19.6 Å². The van der Waals surface area contributed by atoms with Gasteiger partial charge in [-0.25, -0.2) is 4.39 Å². The van der Waals surface area contributed by atoms with Gasteiger partial charge in [0, 0.05) is 31.7 Å². The number of nitrogens with one attached hydrogen (secondary N) is 1. The molecule has 1 unspecified atom stereocenters. The summed E-state index contributed by atoms with van der Waals surface area (Å²) >= 11 is 0. The predicted octanol–water partition coefficient (Wildman–Crippen LogP) is 2.18. The quantitative estimate of drug-likeness (QED) is 0.825. The van der Waals surface area contributed by atoms with Crippen LogP contribution in [0.25, 0.3) is 0 Å². The molecule has 2 nitrogen and oxygen atoms in total. The van der Waals surface area contributed by atoms with Crippen molar-refractivity contribution in [3.63, 3.8) is 0 Å². The van der Waals surface area contributed by atoms with Gasteiger partial charge in [0.1, 0.15) is 5.82 Å². The Balaban J connectivity index is 2.23. The largest absolute Gasteiger partial charge is 0.314 e. The van der Waals surface area contributed by atoms with E-state index < -0.39 is 0 Å². The van der Waals surface area contributed by atoms with E-state index in [1.165, 1.54) is 6.07 Å². The van der Waals surface area contributed by atoms with Crippen molar-refractivity contribution in [2.45, 2.75) is 25.9 Å². The smallest absolute Gasteiger partial charge is 0.123 e. The van der Waals surface area contributed by atoms with E-state index in [0.717, 1.165) is 25.2 Å². The van der Waals surface area contributed by atoms with E-state index in [-0.39, 0.29) is 5.82 Å². The summed E-state index contributed by atoms with van der Waals surface area (Å²) in [7, 11) is 0. The number of hydrogen-bond acceptors (Lipinski definition) is 2. The minimum Gasteiger partial charge on any atom is -0.314 e. The fourth-order valence-electron chi connectivity index (χ4n) is 2.36. The lowest BCUT2D eigenvalue weighted by molar-refractivity contribution is 0.124. The zero-order valence-electron chi connectivity index (χ0n) is 9.91. The molecule has 1 fully saturated rings. The summed E-state index contributed by atoms with van der Waals surface area (Å²) in [6, 6.07) is 7.74. The molecule has 0 amide bonds. The van der Waals surface area contributed by atoms with E-state index in [9.17, 15) is 4.39 Å². The normalized spacial score (nSPS) is 22.6. The van der Waals surface area contributed by atoms with Crippen LogP contribution in [0.3, 0.4) is 0 Å². The van der Waals surface area contributed by atoms with Gasteiger partial charge in [0.05, 0.1) is 0 Å². The van der Waals surface area contributed by atoms with Gasteiger partial charge in [-0.2, -0.15) is 0 Å². The Hall–Kier alpha value is -0.930. The third kappa shape index (κ3) is 2.42. The molecule has 0 saturated carbocycles. The first kappa shape index (κ1) is 11.6. The van der Waals surface area contributed by atoms with Gasteiger partial charge in [0.25, 0.3) is 0 Å². The molecule has 16 heavy (non-hydrogen) atoms. The summed E-state index contributed by atoms with van der Waals surface area (Å²) in [5.74, 6) is -0.147. The molecule has 1 atom stereocenters. The minimum absolute atomic E-state index is 0.147. The van der Waals surface area contributed by atoms with E-state index in [2.05, 4.69) is 24.1 Å². The van der Waals surface area contributed by atoms with Gasteiger partial charge >= 0.3 is 0 Å². The molecule has 1 aliphatic rings. The van der Waals surface area contributed by atoms with Crippen LogP contribution in [-0.4, -0.2) is 30.6 Å². The van der Waals surface area contributed by atoms with Crippen LogP contribution in [0.2, 0.25) is 0 Å². The number of hydrogen-bond donors (Lipinski definition) is 1. The maximum absolute atomic E-state index is 13.2. The number of benzene rings is 1. The zero-order chi connectivity index (χ0) is 11.5. The van der Waals surface area contributed by atoms with Crippen LogP contribution in [0.15, 0.2) is 24.3 Å². The lowest BCUT2D eigenvalue weighted by Crippen LogP contribution is -2.48. The third-order valence-corrected chi connectivity index (χ3v) is 3.18. The third-order valence-electron chi connectivity index (χ3n) is 3.18. The molecule has 1 N–H and O–H groups in total. The molecular formula is C13H19FN2. The zero-order valence-corrected chi connectivity index (χ0v) is 9.91. The first-order valence-electron chi connectivity index (χ1n) is 5.90. The van der Waals surface area contributed by atoms with E-state index in [1.807, 2.05) is 6.07 Å². The summed E-state index contributed by atoms with van der Waals surface area (Å²) in [6.07, 6.45) is 0. The average Bonchev–Trinajstić information content (AvgIpc) is 2.29.